The van der Waals surface area contributed by atoms with E-state index in [0.717, 1.165) is 6.07 Å². The number of rotatable bonds is 2. The van der Waals surface area contributed by atoms with E-state index in [1.807, 2.05) is 0 Å². The van der Waals surface area contributed by atoms with Gasteiger partial charge in [0.05, 0.1) is 0 Å². The number of benzene rings is 1. The highest BCUT2D eigenvalue weighted by atomic mass is 35.5. The van der Waals surface area contributed by atoms with Crippen molar-refractivity contribution in [2.24, 2.45) is 5.73 Å². The van der Waals surface area contributed by atoms with Gasteiger partial charge in [0, 0.05) is 5.56 Å². The van der Waals surface area contributed by atoms with E-state index < -0.39 is 29.5 Å². The monoisotopic (exact) mass is 291 g/mol. The van der Waals surface area contributed by atoms with Crippen molar-refractivity contribution in [3.63, 3.8) is 0 Å². The SMILES string of the molecule is Cc1cccc([C@@H](N)C(F)(F)C(F)(F)F)c1O.Cl. The Morgan fingerprint density at radius 3 is 2.11 bits per heavy atom. The molecule has 0 fully saturated rings. The predicted molar refractivity (Wildman–Crippen MR) is 58.0 cm³/mol. The smallest absolute Gasteiger partial charge is 0.455 e. The second-order valence-electron chi connectivity index (χ2n) is 3.61. The van der Waals surface area contributed by atoms with Gasteiger partial charge >= 0.3 is 12.1 Å². The molecule has 0 saturated carbocycles. The zero-order valence-electron chi connectivity index (χ0n) is 9.13. The normalized spacial score (nSPS) is 13.9. The molecule has 0 bridgehead atoms. The molecule has 0 amide bonds. The minimum absolute atomic E-state index is 0. The van der Waals surface area contributed by atoms with E-state index in [2.05, 4.69) is 0 Å². The molecule has 0 unspecified atom stereocenters. The molecule has 3 N–H and O–H groups in total. The van der Waals surface area contributed by atoms with Gasteiger partial charge in [-0.3, -0.25) is 0 Å². The zero-order chi connectivity index (χ0) is 13.4. The van der Waals surface area contributed by atoms with Gasteiger partial charge in [0.1, 0.15) is 11.8 Å². The first-order valence-electron chi connectivity index (χ1n) is 4.57. The van der Waals surface area contributed by atoms with Gasteiger partial charge in [-0.1, -0.05) is 18.2 Å². The van der Waals surface area contributed by atoms with Crippen LogP contribution in [0, 0.1) is 6.92 Å². The van der Waals surface area contributed by atoms with E-state index in [9.17, 15) is 27.1 Å². The van der Waals surface area contributed by atoms with Crippen LogP contribution in [0.25, 0.3) is 0 Å². The summed E-state index contributed by atoms with van der Waals surface area (Å²) in [5, 5.41) is 9.42. The summed E-state index contributed by atoms with van der Waals surface area (Å²) < 4.78 is 62.2. The Morgan fingerprint density at radius 2 is 1.67 bits per heavy atom. The molecular weight excluding hydrogens is 281 g/mol. The molecule has 1 atom stereocenters. The van der Waals surface area contributed by atoms with Crippen molar-refractivity contribution in [3.8, 4) is 5.75 Å². The Labute approximate surface area is 106 Å². The number of halogens is 6. The molecule has 1 aromatic carbocycles. The maximum atomic E-state index is 13.0. The summed E-state index contributed by atoms with van der Waals surface area (Å²) in [6.45, 7) is 1.37. The quantitative estimate of drug-likeness (QED) is 0.821. The number of alkyl halides is 5. The lowest BCUT2D eigenvalue weighted by Gasteiger charge is -2.26. The van der Waals surface area contributed by atoms with Crippen LogP contribution in [0.1, 0.15) is 17.2 Å². The summed E-state index contributed by atoms with van der Waals surface area (Å²) in [5.74, 6) is -5.75. The van der Waals surface area contributed by atoms with E-state index in [-0.39, 0.29) is 18.0 Å². The third-order valence-corrected chi connectivity index (χ3v) is 2.37. The van der Waals surface area contributed by atoms with Crippen LogP contribution in [0.15, 0.2) is 18.2 Å². The maximum absolute atomic E-state index is 13.0. The van der Waals surface area contributed by atoms with Crippen LogP contribution >= 0.6 is 12.4 Å². The van der Waals surface area contributed by atoms with Crippen LogP contribution in [-0.2, 0) is 0 Å². The summed E-state index contributed by atoms with van der Waals surface area (Å²) in [6.07, 6.45) is -5.76. The van der Waals surface area contributed by atoms with E-state index in [0.29, 0.717) is 0 Å². The minimum atomic E-state index is -5.76. The number of para-hydroxylation sites is 1. The average molecular weight is 292 g/mol. The van der Waals surface area contributed by atoms with E-state index in [4.69, 9.17) is 5.73 Å². The number of phenolic OH excluding ortho intramolecular Hbond substituents is 1. The van der Waals surface area contributed by atoms with Crippen LogP contribution in [-0.4, -0.2) is 17.2 Å². The van der Waals surface area contributed by atoms with E-state index >= 15 is 0 Å². The molecular formula is C10H11ClF5NO. The molecule has 104 valence electrons. The number of phenols is 1. The summed E-state index contributed by atoms with van der Waals surface area (Å²) in [7, 11) is 0. The average Bonchev–Trinajstić information content (AvgIpc) is 2.19. The zero-order valence-corrected chi connectivity index (χ0v) is 9.95. The molecule has 0 heterocycles. The number of aryl methyl sites for hydroxylation is 1. The third kappa shape index (κ3) is 2.84. The minimum Gasteiger partial charge on any atom is -0.507 e. The van der Waals surface area contributed by atoms with Crippen molar-refractivity contribution >= 4 is 12.4 Å². The molecule has 0 aromatic heterocycles. The van der Waals surface area contributed by atoms with Crippen LogP contribution in [0.5, 0.6) is 5.75 Å². The molecule has 0 spiro atoms. The van der Waals surface area contributed by atoms with Gasteiger partial charge in [0.2, 0.25) is 0 Å². The molecule has 1 aromatic rings. The first-order valence-corrected chi connectivity index (χ1v) is 4.57. The van der Waals surface area contributed by atoms with Crippen molar-refractivity contribution in [2.75, 3.05) is 0 Å². The standard InChI is InChI=1S/C10H10F5NO.ClH/c1-5-3-2-4-6(7(5)17)8(16)9(11,12)10(13,14)15;/h2-4,8,17H,16H2,1H3;1H/t8-;/m1./s1. The van der Waals surface area contributed by atoms with E-state index in [1.54, 1.807) is 0 Å². The molecule has 0 saturated heterocycles. The van der Waals surface area contributed by atoms with Crippen LogP contribution in [0.4, 0.5) is 22.0 Å². The van der Waals surface area contributed by atoms with Crippen LogP contribution in [0.3, 0.4) is 0 Å². The van der Waals surface area contributed by atoms with Crippen LogP contribution in [0.2, 0.25) is 0 Å². The highest BCUT2D eigenvalue weighted by Gasteiger charge is 2.62. The Bertz CT molecular complexity index is 421. The molecule has 0 radical (unpaired) electrons. The summed E-state index contributed by atoms with van der Waals surface area (Å²) in [5.41, 5.74) is 4.44. The molecule has 0 aliphatic rings. The summed E-state index contributed by atoms with van der Waals surface area (Å²) >= 11 is 0. The Kier molecular flexibility index (Phi) is 4.96. The fraction of sp³-hybridized carbons (Fsp3) is 0.400. The Balaban J connectivity index is 0.00000289. The molecule has 18 heavy (non-hydrogen) atoms. The number of hydrogen-bond donors (Lipinski definition) is 2. The Hall–Kier alpha value is -1.08. The van der Waals surface area contributed by atoms with Gasteiger partial charge < -0.3 is 10.8 Å². The molecule has 1 rings (SSSR count). The van der Waals surface area contributed by atoms with Crippen molar-refractivity contribution in [1.29, 1.82) is 0 Å². The van der Waals surface area contributed by atoms with E-state index in [1.165, 1.54) is 19.1 Å². The maximum Gasteiger partial charge on any atom is 0.455 e. The second kappa shape index (κ2) is 5.27. The van der Waals surface area contributed by atoms with Crippen molar-refractivity contribution in [2.45, 2.75) is 25.1 Å². The van der Waals surface area contributed by atoms with Gasteiger partial charge in [-0.25, -0.2) is 0 Å². The highest BCUT2D eigenvalue weighted by Crippen LogP contribution is 2.45. The van der Waals surface area contributed by atoms with Crippen LogP contribution < -0.4 is 5.73 Å². The van der Waals surface area contributed by atoms with Gasteiger partial charge in [-0.15, -0.1) is 12.4 Å². The predicted octanol–water partition coefficient (Wildman–Crippen LogP) is 3.32. The van der Waals surface area contributed by atoms with Crippen molar-refractivity contribution in [3.05, 3.63) is 29.3 Å². The molecule has 8 heteroatoms. The lowest BCUT2D eigenvalue weighted by atomic mass is 9.98. The van der Waals surface area contributed by atoms with Gasteiger partial charge in [0.15, 0.2) is 0 Å². The fourth-order valence-corrected chi connectivity index (χ4v) is 1.30. The second-order valence-corrected chi connectivity index (χ2v) is 3.61. The fourth-order valence-electron chi connectivity index (χ4n) is 1.30. The largest absolute Gasteiger partial charge is 0.507 e. The third-order valence-electron chi connectivity index (χ3n) is 2.37. The van der Waals surface area contributed by atoms with Crippen molar-refractivity contribution in [1.82, 2.24) is 0 Å². The van der Waals surface area contributed by atoms with Gasteiger partial charge in [-0.2, -0.15) is 22.0 Å². The van der Waals surface area contributed by atoms with Gasteiger partial charge in [0.25, 0.3) is 0 Å². The Morgan fingerprint density at radius 1 is 1.17 bits per heavy atom. The molecule has 0 aliphatic carbocycles. The molecule has 2 nitrogen and oxygen atoms in total. The summed E-state index contributed by atoms with van der Waals surface area (Å²) in [6, 6.07) is 0.920. The first-order chi connectivity index (χ1) is 7.59. The summed E-state index contributed by atoms with van der Waals surface area (Å²) in [4.78, 5) is 0. The first kappa shape index (κ1) is 16.9. The lowest BCUT2D eigenvalue weighted by molar-refractivity contribution is -0.291. The number of hydrogen-bond acceptors (Lipinski definition) is 2. The van der Waals surface area contributed by atoms with Gasteiger partial charge in [-0.05, 0) is 12.5 Å². The highest BCUT2D eigenvalue weighted by molar-refractivity contribution is 5.85. The number of aromatic hydroxyl groups is 1. The molecule has 0 aliphatic heterocycles. The van der Waals surface area contributed by atoms with Crippen molar-refractivity contribution < 1.29 is 27.1 Å². The number of nitrogens with two attached hydrogens (primary N) is 1. The lowest BCUT2D eigenvalue weighted by Crippen LogP contribution is -2.45. The topological polar surface area (TPSA) is 46.2 Å².